The van der Waals surface area contributed by atoms with Gasteiger partial charge < -0.3 is 4.90 Å². The molecular formula is C72H53N. The molecule has 0 N–H and O–H groups in total. The Hall–Kier alpha value is -8.78. The molecule has 1 atom stereocenters. The third-order valence-electron chi connectivity index (χ3n) is 16.8. The molecular weight excluding hydrogens is 879 g/mol. The minimum atomic E-state index is -0.539. The summed E-state index contributed by atoms with van der Waals surface area (Å²) >= 11 is 0. The van der Waals surface area contributed by atoms with Gasteiger partial charge in [-0.05, 0) is 149 Å². The van der Waals surface area contributed by atoms with E-state index in [0.717, 1.165) is 17.1 Å². The van der Waals surface area contributed by atoms with Crippen molar-refractivity contribution in [2.75, 3.05) is 4.90 Å². The van der Waals surface area contributed by atoms with Crippen molar-refractivity contribution in [1.29, 1.82) is 0 Å². The van der Waals surface area contributed by atoms with E-state index in [1.54, 1.807) is 0 Å². The van der Waals surface area contributed by atoms with E-state index in [1.807, 2.05) is 0 Å². The van der Waals surface area contributed by atoms with Crippen LogP contribution in [0.25, 0.3) is 55.6 Å². The molecule has 0 radical (unpaired) electrons. The molecule has 3 aliphatic rings. The van der Waals surface area contributed by atoms with Crippen molar-refractivity contribution in [1.82, 2.24) is 0 Å². The largest absolute Gasteiger partial charge is 0.310 e. The fourth-order valence-corrected chi connectivity index (χ4v) is 13.6. The van der Waals surface area contributed by atoms with E-state index in [1.165, 1.54) is 106 Å². The Morgan fingerprint density at radius 1 is 0.260 bits per heavy atom. The lowest BCUT2D eigenvalue weighted by Gasteiger charge is -2.35. The minimum absolute atomic E-state index is 0.135. The lowest BCUT2D eigenvalue weighted by atomic mass is 9.67. The Morgan fingerprint density at radius 2 is 0.658 bits per heavy atom. The fraction of sp³-hybridized carbons (Fsp3) is 0.0833. The van der Waals surface area contributed by atoms with Crippen LogP contribution in [0.2, 0.25) is 0 Å². The van der Waals surface area contributed by atoms with E-state index < -0.39 is 5.41 Å². The van der Waals surface area contributed by atoms with Crippen LogP contribution in [0.3, 0.4) is 0 Å². The predicted octanol–water partition coefficient (Wildman–Crippen LogP) is 18.5. The van der Waals surface area contributed by atoms with Crippen molar-refractivity contribution < 1.29 is 0 Å². The quantitative estimate of drug-likeness (QED) is 0.147. The second kappa shape index (κ2) is 16.4. The van der Waals surface area contributed by atoms with Gasteiger partial charge in [-0.2, -0.15) is 0 Å². The van der Waals surface area contributed by atoms with Gasteiger partial charge in [0.25, 0.3) is 0 Å². The Kier molecular flexibility index (Phi) is 9.66. The van der Waals surface area contributed by atoms with Crippen LogP contribution in [0, 0.1) is 0 Å². The van der Waals surface area contributed by atoms with E-state index in [-0.39, 0.29) is 10.8 Å². The maximum absolute atomic E-state index is 2.50. The maximum Gasteiger partial charge on any atom is 0.0714 e. The Labute approximate surface area is 429 Å². The number of benzene rings is 11. The molecule has 0 bridgehead atoms. The molecule has 1 unspecified atom stereocenters. The average molecular weight is 932 g/mol. The van der Waals surface area contributed by atoms with Gasteiger partial charge in [-0.15, -0.1) is 0 Å². The number of rotatable bonds is 8. The SMILES string of the molecule is CC1(C)c2ccccc2-c2cccc(-c3ccccc3-c3ccc(N(c4ccc5c(c4)C(C)(c4ccccc4)c4ccccc4-5)c4ccc5c(c4)C(c4ccccc4)(c4ccccc4)c4ccccc4-5)cc3)c21. The molecule has 346 valence electrons. The normalized spacial score (nSPS) is 15.9. The lowest BCUT2D eigenvalue weighted by molar-refractivity contribution is 0.662. The first-order chi connectivity index (χ1) is 35.9. The molecule has 1 nitrogen and oxygen atoms in total. The van der Waals surface area contributed by atoms with Crippen LogP contribution in [0.1, 0.15) is 70.8 Å². The summed E-state index contributed by atoms with van der Waals surface area (Å²) in [6.45, 7) is 7.18. The van der Waals surface area contributed by atoms with Gasteiger partial charge in [0.15, 0.2) is 0 Å². The van der Waals surface area contributed by atoms with E-state index in [2.05, 4.69) is 293 Å². The molecule has 1 heteroatoms. The Morgan fingerprint density at radius 3 is 1.26 bits per heavy atom. The zero-order chi connectivity index (χ0) is 48.9. The van der Waals surface area contributed by atoms with Crippen LogP contribution in [0.5, 0.6) is 0 Å². The molecule has 14 rings (SSSR count). The van der Waals surface area contributed by atoms with E-state index in [4.69, 9.17) is 0 Å². The first-order valence-electron chi connectivity index (χ1n) is 25.8. The van der Waals surface area contributed by atoms with Crippen LogP contribution in [-0.4, -0.2) is 0 Å². The first-order valence-corrected chi connectivity index (χ1v) is 25.8. The smallest absolute Gasteiger partial charge is 0.0714 e. The second-order valence-electron chi connectivity index (χ2n) is 20.9. The molecule has 0 saturated carbocycles. The van der Waals surface area contributed by atoms with Gasteiger partial charge in [-0.1, -0.05) is 244 Å². The van der Waals surface area contributed by atoms with Gasteiger partial charge in [-0.25, -0.2) is 0 Å². The Balaban J connectivity index is 0.970. The highest BCUT2D eigenvalue weighted by atomic mass is 15.1. The van der Waals surface area contributed by atoms with Crippen molar-refractivity contribution in [2.24, 2.45) is 0 Å². The summed E-state index contributed by atoms with van der Waals surface area (Å²) < 4.78 is 0. The first kappa shape index (κ1) is 43.0. The van der Waals surface area contributed by atoms with Crippen LogP contribution in [0.15, 0.2) is 267 Å². The molecule has 11 aromatic rings. The molecule has 0 aliphatic heterocycles. The Bertz CT molecular complexity index is 3900. The highest BCUT2D eigenvalue weighted by molar-refractivity contribution is 5.95. The summed E-state index contributed by atoms with van der Waals surface area (Å²) in [7, 11) is 0. The highest BCUT2D eigenvalue weighted by Gasteiger charge is 2.47. The maximum atomic E-state index is 2.50. The van der Waals surface area contributed by atoms with Gasteiger partial charge in [-0.3, -0.25) is 0 Å². The molecule has 11 aromatic carbocycles. The predicted molar refractivity (Wildman–Crippen MR) is 304 cm³/mol. The molecule has 73 heavy (non-hydrogen) atoms. The van der Waals surface area contributed by atoms with Crippen molar-refractivity contribution in [2.45, 2.75) is 37.0 Å². The van der Waals surface area contributed by atoms with E-state index in [9.17, 15) is 0 Å². The molecule has 0 fully saturated rings. The van der Waals surface area contributed by atoms with E-state index in [0.29, 0.717) is 0 Å². The van der Waals surface area contributed by atoms with Crippen molar-refractivity contribution in [3.8, 4) is 55.6 Å². The third kappa shape index (κ3) is 6.22. The zero-order valence-corrected chi connectivity index (χ0v) is 41.4. The topological polar surface area (TPSA) is 3.24 Å². The van der Waals surface area contributed by atoms with Crippen molar-refractivity contribution >= 4 is 17.1 Å². The van der Waals surface area contributed by atoms with Gasteiger partial charge in [0, 0.05) is 27.9 Å². The summed E-state index contributed by atoms with van der Waals surface area (Å²) in [5.74, 6) is 0. The van der Waals surface area contributed by atoms with Gasteiger partial charge in [0.2, 0.25) is 0 Å². The molecule has 0 spiro atoms. The number of fused-ring (bicyclic) bond motifs is 9. The summed E-state index contributed by atoms with van der Waals surface area (Å²) in [6.07, 6.45) is 0. The molecule has 0 aromatic heterocycles. The number of anilines is 3. The van der Waals surface area contributed by atoms with Gasteiger partial charge in [0.05, 0.1) is 5.41 Å². The monoisotopic (exact) mass is 931 g/mol. The summed E-state index contributed by atoms with van der Waals surface area (Å²) in [5, 5.41) is 0. The zero-order valence-electron chi connectivity index (χ0n) is 41.4. The average Bonchev–Trinajstić information content (AvgIpc) is 4.00. The number of hydrogen-bond acceptors (Lipinski definition) is 1. The summed E-state index contributed by atoms with van der Waals surface area (Å²) in [4.78, 5) is 2.50. The fourth-order valence-electron chi connectivity index (χ4n) is 13.6. The van der Waals surface area contributed by atoms with Crippen molar-refractivity contribution in [3.05, 3.63) is 317 Å². The van der Waals surface area contributed by atoms with Crippen LogP contribution >= 0.6 is 0 Å². The van der Waals surface area contributed by atoms with Crippen LogP contribution < -0.4 is 4.90 Å². The van der Waals surface area contributed by atoms with Crippen LogP contribution in [-0.2, 0) is 16.2 Å². The van der Waals surface area contributed by atoms with Crippen LogP contribution in [0.4, 0.5) is 17.1 Å². The lowest BCUT2D eigenvalue weighted by Crippen LogP contribution is -2.28. The summed E-state index contributed by atoms with van der Waals surface area (Å²) in [5.41, 5.74) is 26.8. The third-order valence-corrected chi connectivity index (χ3v) is 16.8. The number of hydrogen-bond donors (Lipinski definition) is 0. The highest BCUT2D eigenvalue weighted by Crippen LogP contribution is 2.59. The second-order valence-corrected chi connectivity index (χ2v) is 20.9. The van der Waals surface area contributed by atoms with Gasteiger partial charge in [0.1, 0.15) is 0 Å². The van der Waals surface area contributed by atoms with E-state index >= 15 is 0 Å². The standard InChI is InChI=1S/C72H53N/c1-70(2)64-35-18-15-32-59(64)63-34-21-33-62(69(63)70)56-29-14-13-28-55(56)48-38-40-52(41-39-48)73(53-42-44-60-57-30-16-19-36-65(57)71(3,67(60)46-53)49-22-7-4-8-23-49)54-43-45-61-58-31-17-20-37-66(58)72(68(61)47-54,50-24-9-5-10-25-50)51-26-11-6-12-27-51/h4-47H,1-3H3. The molecule has 0 heterocycles. The van der Waals surface area contributed by atoms with Crippen molar-refractivity contribution in [3.63, 3.8) is 0 Å². The molecule has 0 saturated heterocycles. The minimum Gasteiger partial charge on any atom is -0.310 e. The molecule has 3 aliphatic carbocycles. The number of nitrogens with zero attached hydrogens (tertiary/aromatic N) is 1. The van der Waals surface area contributed by atoms with Gasteiger partial charge >= 0.3 is 0 Å². The summed E-state index contributed by atoms with van der Waals surface area (Å²) in [6, 6.07) is 99.9. The molecule has 0 amide bonds.